The number of nitrogens with zero attached hydrogens (tertiary/aromatic N) is 2. The van der Waals surface area contributed by atoms with Gasteiger partial charge in [-0.15, -0.1) is 0 Å². The number of benzene rings is 1. The zero-order chi connectivity index (χ0) is 40.8. The van der Waals surface area contributed by atoms with E-state index in [-0.39, 0.29) is 68.2 Å². The smallest absolute Gasteiger partial charge is 0.307 e. The van der Waals surface area contributed by atoms with Crippen LogP contribution in [0, 0.1) is 34.9 Å². The summed E-state index contributed by atoms with van der Waals surface area (Å²) in [6.45, 7) is 8.01. The zero-order valence-electron chi connectivity index (χ0n) is 32.9. The highest BCUT2D eigenvalue weighted by atomic mass is 32.2. The SMILES string of the molecule is COc1ccc2c(O[C@@H]3C[C@H]4C(=O)C[C@]5(C(=O)NS(=O)(=O)C6(CF)CC6)C[C@H]5/C=C\CC[C@@H](C)C[C@@H](C)[C@H](CC(=O)OC(C)(C)C)C(=O)N4C3)ncc(F)c2c1. The van der Waals surface area contributed by atoms with Crippen LogP contribution in [0.4, 0.5) is 8.78 Å². The summed E-state index contributed by atoms with van der Waals surface area (Å²) in [6.07, 6.45) is 5.79. The summed E-state index contributed by atoms with van der Waals surface area (Å²) in [4.78, 5) is 62.3. The molecule has 3 fully saturated rings. The summed E-state index contributed by atoms with van der Waals surface area (Å²) >= 11 is 0. The van der Waals surface area contributed by atoms with Crippen LogP contribution >= 0.6 is 0 Å². The number of ketones is 1. The third-order valence-corrected chi connectivity index (χ3v) is 14.0. The van der Waals surface area contributed by atoms with Crippen LogP contribution < -0.4 is 14.2 Å². The van der Waals surface area contributed by atoms with E-state index in [9.17, 15) is 36.4 Å². The minimum atomic E-state index is -4.36. The van der Waals surface area contributed by atoms with Gasteiger partial charge in [-0.3, -0.25) is 23.9 Å². The van der Waals surface area contributed by atoms with Crippen LogP contribution in [0.1, 0.15) is 92.4 Å². The van der Waals surface area contributed by atoms with E-state index in [2.05, 4.69) is 16.6 Å². The molecule has 2 saturated carbocycles. The number of nitrogens with one attached hydrogen (secondary N) is 1. The van der Waals surface area contributed by atoms with Crippen LogP contribution in [0.3, 0.4) is 0 Å². The molecular weight excluding hydrogens is 749 g/mol. The molecule has 2 aliphatic heterocycles. The molecule has 1 N–H and O–H groups in total. The first kappa shape index (κ1) is 41.5. The Balaban J connectivity index is 1.36. The fraction of sp³-hybridized carbons (Fsp3) is 0.634. The molecule has 4 aliphatic rings. The molecule has 1 aromatic carbocycles. The molecule has 3 heterocycles. The molecule has 6 rings (SSSR count). The second-order valence-corrected chi connectivity index (χ2v) is 19.5. The van der Waals surface area contributed by atoms with Crippen molar-refractivity contribution in [3.05, 3.63) is 42.4 Å². The molecule has 12 nitrogen and oxygen atoms in total. The lowest BCUT2D eigenvalue weighted by Crippen LogP contribution is -2.48. The number of sulfonamides is 1. The van der Waals surface area contributed by atoms with Crippen LogP contribution in [0.15, 0.2) is 36.5 Å². The lowest BCUT2D eigenvalue weighted by molar-refractivity contribution is -0.160. The van der Waals surface area contributed by atoms with Crippen molar-refractivity contribution in [2.75, 3.05) is 20.3 Å². The van der Waals surface area contributed by atoms with Crippen LogP contribution in [-0.4, -0.2) is 84.7 Å². The maximum atomic E-state index is 14.9. The molecule has 0 unspecified atom stereocenters. The van der Waals surface area contributed by atoms with Gasteiger partial charge in [0.2, 0.25) is 27.7 Å². The molecule has 0 bridgehead atoms. The number of hydrogen-bond acceptors (Lipinski definition) is 10. The molecule has 7 atom stereocenters. The van der Waals surface area contributed by atoms with Gasteiger partial charge < -0.3 is 19.1 Å². The first-order valence-electron chi connectivity index (χ1n) is 19.5. The van der Waals surface area contributed by atoms with Crippen LogP contribution in [0.5, 0.6) is 11.6 Å². The van der Waals surface area contributed by atoms with Crippen molar-refractivity contribution in [1.82, 2.24) is 14.6 Å². The number of amides is 2. The van der Waals surface area contributed by atoms with Crippen molar-refractivity contribution in [3.8, 4) is 11.6 Å². The van der Waals surface area contributed by atoms with Crippen molar-refractivity contribution < 1.29 is 50.6 Å². The molecule has 2 aliphatic carbocycles. The number of ether oxygens (including phenoxy) is 3. The van der Waals surface area contributed by atoms with Gasteiger partial charge in [-0.1, -0.05) is 26.0 Å². The Labute approximate surface area is 327 Å². The minimum Gasteiger partial charge on any atom is -0.497 e. The van der Waals surface area contributed by atoms with Crippen molar-refractivity contribution in [1.29, 1.82) is 0 Å². The number of alkyl halides is 1. The highest BCUT2D eigenvalue weighted by Crippen LogP contribution is 2.58. The second kappa shape index (κ2) is 15.7. The number of hydrogen-bond donors (Lipinski definition) is 1. The van der Waals surface area contributed by atoms with Crippen molar-refractivity contribution >= 4 is 44.4 Å². The normalized spacial score (nSPS) is 30.0. The number of methoxy groups -OCH3 is 1. The van der Waals surface area contributed by atoms with Gasteiger partial charge in [0.1, 0.15) is 34.7 Å². The van der Waals surface area contributed by atoms with Crippen LogP contribution in [-0.2, 0) is 33.9 Å². The Bertz CT molecular complexity index is 2010. The van der Waals surface area contributed by atoms with E-state index in [1.54, 1.807) is 32.9 Å². The number of carbonyl (C=O) groups excluding carboxylic acids is 4. The minimum absolute atomic E-state index is 0.00726. The van der Waals surface area contributed by atoms with Gasteiger partial charge in [0.25, 0.3) is 0 Å². The summed E-state index contributed by atoms with van der Waals surface area (Å²) in [6, 6.07) is 3.64. The maximum Gasteiger partial charge on any atom is 0.307 e. The molecule has 0 radical (unpaired) electrons. The number of Topliss-reactive ketones (excluding diaryl/α,β-unsaturated/α-hetero) is 1. The van der Waals surface area contributed by atoms with E-state index in [1.807, 2.05) is 19.1 Å². The average Bonchev–Trinajstić information content (AvgIpc) is 4.03. The van der Waals surface area contributed by atoms with Gasteiger partial charge in [-0.25, -0.2) is 22.2 Å². The molecule has 2 aromatic rings. The fourth-order valence-corrected chi connectivity index (χ4v) is 9.79. The maximum absolute atomic E-state index is 14.9. The Morgan fingerprint density at radius 3 is 2.50 bits per heavy atom. The summed E-state index contributed by atoms with van der Waals surface area (Å²) in [5.74, 6) is -3.88. The van der Waals surface area contributed by atoms with Gasteiger partial charge in [-0.05, 0) is 95.2 Å². The summed E-state index contributed by atoms with van der Waals surface area (Å²) in [5, 5.41) is 0.552. The standard InChI is InChI=1S/C41H53F2N3O9S/c1-24-9-7-8-10-26-19-41(26,38(50)45-56(51,52)40(23-42)13-14-40)20-34(47)33-17-28(54-36-29-12-11-27(53-6)16-31(29)32(43)21-44-36)22-46(33)37(49)30(25(2)15-24)18-35(48)55-39(3,4)5/h8,10-12,16,21,24-26,28,30,33H,7,9,13-15,17-20,22-23H2,1-6H3,(H,45,50)/b10-8-/t24-,25-,26-,28-,30+,33+,41-/m1/s1. The first-order valence-corrected chi connectivity index (χ1v) is 20.9. The summed E-state index contributed by atoms with van der Waals surface area (Å²) in [5.41, 5.74) is -2.22. The molecule has 56 heavy (non-hydrogen) atoms. The number of pyridine rings is 1. The first-order chi connectivity index (χ1) is 26.3. The Kier molecular flexibility index (Phi) is 11.6. The molecule has 15 heteroatoms. The van der Waals surface area contributed by atoms with Gasteiger partial charge in [-0.2, -0.15) is 0 Å². The second-order valence-electron chi connectivity index (χ2n) is 17.4. The van der Waals surface area contributed by atoms with E-state index in [0.29, 0.717) is 24.0 Å². The van der Waals surface area contributed by atoms with Gasteiger partial charge in [0.05, 0.1) is 43.6 Å². The number of allylic oxidation sites excluding steroid dienone is 2. The molecule has 1 saturated heterocycles. The topological polar surface area (TPSA) is 158 Å². The number of halogens is 2. The summed E-state index contributed by atoms with van der Waals surface area (Å²) < 4.78 is 72.9. The quantitative estimate of drug-likeness (QED) is 0.236. The largest absolute Gasteiger partial charge is 0.497 e. The lowest BCUT2D eigenvalue weighted by atomic mass is 9.82. The Hall–Kier alpha value is -4.14. The van der Waals surface area contributed by atoms with E-state index in [0.717, 1.165) is 12.6 Å². The number of rotatable bonds is 9. The van der Waals surface area contributed by atoms with Crippen molar-refractivity contribution in [3.63, 3.8) is 0 Å². The Morgan fingerprint density at radius 2 is 1.84 bits per heavy atom. The lowest BCUT2D eigenvalue weighted by Gasteiger charge is -2.32. The molecular formula is C41H53F2N3O9S. The van der Waals surface area contributed by atoms with E-state index in [1.165, 1.54) is 18.1 Å². The molecule has 306 valence electrons. The predicted octanol–water partition coefficient (Wildman–Crippen LogP) is 6.00. The van der Waals surface area contributed by atoms with Gasteiger partial charge >= 0.3 is 5.97 Å². The molecule has 0 spiro atoms. The fourth-order valence-electron chi connectivity index (χ4n) is 8.34. The zero-order valence-corrected chi connectivity index (χ0v) is 33.8. The number of esters is 1. The van der Waals surface area contributed by atoms with Gasteiger partial charge in [0, 0.05) is 23.6 Å². The third kappa shape index (κ3) is 8.57. The van der Waals surface area contributed by atoms with E-state index < -0.39 is 85.8 Å². The van der Waals surface area contributed by atoms with Gasteiger partial charge in [0.15, 0.2) is 5.78 Å². The molecule has 1 aromatic heterocycles. The predicted molar refractivity (Wildman–Crippen MR) is 203 cm³/mol. The van der Waals surface area contributed by atoms with Crippen LogP contribution in [0.2, 0.25) is 0 Å². The number of aromatic nitrogens is 1. The molecule has 2 amide bonds. The van der Waals surface area contributed by atoms with E-state index >= 15 is 0 Å². The monoisotopic (exact) mass is 801 g/mol. The highest BCUT2D eigenvalue weighted by Gasteiger charge is 2.63. The Morgan fingerprint density at radius 1 is 1.11 bits per heavy atom. The van der Waals surface area contributed by atoms with Crippen LogP contribution in [0.25, 0.3) is 10.8 Å². The summed E-state index contributed by atoms with van der Waals surface area (Å²) in [7, 11) is -2.90. The number of carbonyl (C=O) groups is 4. The number of fused-ring (bicyclic) bond motifs is 3. The van der Waals surface area contributed by atoms with Crippen molar-refractivity contribution in [2.24, 2.45) is 29.1 Å². The average molecular weight is 802 g/mol. The highest BCUT2D eigenvalue weighted by molar-refractivity contribution is 7.91. The van der Waals surface area contributed by atoms with Crippen molar-refractivity contribution in [2.45, 2.75) is 115 Å². The third-order valence-electron chi connectivity index (χ3n) is 11.9. The van der Waals surface area contributed by atoms with E-state index in [4.69, 9.17) is 14.2 Å².